The minimum absolute atomic E-state index is 0.00792. The molecule has 0 fully saturated rings. The first kappa shape index (κ1) is 18.0. The number of aromatic nitrogens is 4. The fourth-order valence-electron chi connectivity index (χ4n) is 3.00. The summed E-state index contributed by atoms with van der Waals surface area (Å²) < 4.78 is 6.78. The monoisotopic (exact) mass is 359 g/mol. The molecule has 2 aromatic rings. The number of nitrogens with zero attached hydrogens (tertiary/aromatic N) is 4. The van der Waals surface area contributed by atoms with E-state index >= 15 is 0 Å². The van der Waals surface area contributed by atoms with Crippen molar-refractivity contribution in [3.05, 3.63) is 35.2 Å². The van der Waals surface area contributed by atoms with Gasteiger partial charge in [-0.1, -0.05) is 12.1 Å². The predicted molar refractivity (Wildman–Crippen MR) is 89.7 cm³/mol. The Balaban J connectivity index is 1.69. The molecule has 1 aliphatic rings. The number of carbonyl (C=O) groups is 2. The lowest BCUT2D eigenvalue weighted by atomic mass is 9.64. The van der Waals surface area contributed by atoms with Crippen LogP contribution in [0.25, 0.3) is 0 Å². The maximum Gasteiger partial charge on any atom is 0.526 e. The summed E-state index contributed by atoms with van der Waals surface area (Å²) in [4.78, 5) is 23.6. The van der Waals surface area contributed by atoms with Gasteiger partial charge in [-0.05, 0) is 35.0 Å². The number of rotatable bonds is 7. The van der Waals surface area contributed by atoms with Crippen molar-refractivity contribution in [3.8, 4) is 5.75 Å². The van der Waals surface area contributed by atoms with Crippen molar-refractivity contribution in [1.29, 1.82) is 0 Å². The molecule has 136 valence electrons. The van der Waals surface area contributed by atoms with Crippen LogP contribution in [-0.4, -0.2) is 55.8 Å². The van der Waals surface area contributed by atoms with Gasteiger partial charge < -0.3 is 20.5 Å². The van der Waals surface area contributed by atoms with E-state index in [-0.39, 0.29) is 30.1 Å². The minimum Gasteiger partial charge on any atom is -0.535 e. The third-order valence-corrected chi connectivity index (χ3v) is 4.24. The maximum atomic E-state index is 12.4. The number of carbonyl (C=O) groups excluding carboxylic acids is 1. The SMILES string of the molecule is NCCc1nnnn1CC(=O)C[C@H]1Cc2cccc(C(=O)O)c2OB1O. The van der Waals surface area contributed by atoms with Crippen LogP contribution in [0.15, 0.2) is 18.2 Å². The Morgan fingerprint density at radius 1 is 1.42 bits per heavy atom. The third kappa shape index (κ3) is 3.73. The van der Waals surface area contributed by atoms with Gasteiger partial charge in [0.15, 0.2) is 11.6 Å². The number of hydrogen-bond acceptors (Lipinski definition) is 8. The zero-order valence-corrected chi connectivity index (χ0v) is 13.9. The first-order valence-corrected chi connectivity index (χ1v) is 8.16. The smallest absolute Gasteiger partial charge is 0.526 e. The molecule has 2 heterocycles. The third-order valence-electron chi connectivity index (χ3n) is 4.24. The van der Waals surface area contributed by atoms with Crippen molar-refractivity contribution in [2.24, 2.45) is 5.73 Å². The second kappa shape index (κ2) is 7.62. The standard InChI is InChI=1S/C15H18BN5O5/c17-5-4-13-18-19-20-21(13)8-11(22)7-10-6-9-2-1-3-12(15(23)24)14(9)26-16(10)25/h1-3,10,25H,4-8,17H2,(H,23,24)/t10-/m1/s1. The highest BCUT2D eigenvalue weighted by atomic mass is 16.5. The molecule has 0 amide bonds. The second-order valence-corrected chi connectivity index (χ2v) is 6.11. The fourth-order valence-corrected chi connectivity index (χ4v) is 3.00. The second-order valence-electron chi connectivity index (χ2n) is 6.11. The molecule has 0 spiro atoms. The van der Waals surface area contributed by atoms with Crippen LogP contribution in [0, 0.1) is 0 Å². The number of benzene rings is 1. The van der Waals surface area contributed by atoms with Crippen LogP contribution < -0.4 is 10.4 Å². The van der Waals surface area contributed by atoms with E-state index in [2.05, 4.69) is 15.5 Å². The molecule has 3 rings (SSSR count). The number of aromatic carboxylic acids is 1. The molecule has 10 nitrogen and oxygen atoms in total. The number of hydrogen-bond donors (Lipinski definition) is 3. The largest absolute Gasteiger partial charge is 0.535 e. The quantitative estimate of drug-likeness (QED) is 0.545. The van der Waals surface area contributed by atoms with Crippen LogP contribution in [0.5, 0.6) is 5.75 Å². The summed E-state index contributed by atoms with van der Waals surface area (Å²) in [5, 5.41) is 30.5. The summed E-state index contributed by atoms with van der Waals surface area (Å²) in [7, 11) is -1.26. The van der Waals surface area contributed by atoms with Crippen LogP contribution in [-0.2, 0) is 24.2 Å². The fraction of sp³-hybridized carbons (Fsp3) is 0.400. The number of Topliss-reactive ketones (excluding diaryl/α,β-unsaturated/α-hetero) is 1. The Morgan fingerprint density at radius 2 is 2.23 bits per heavy atom. The number of nitrogens with two attached hydrogens (primary N) is 1. The van der Waals surface area contributed by atoms with Crippen LogP contribution in [0.2, 0.25) is 5.82 Å². The van der Waals surface area contributed by atoms with E-state index in [0.717, 1.165) is 0 Å². The molecule has 0 aliphatic carbocycles. The maximum absolute atomic E-state index is 12.4. The van der Waals surface area contributed by atoms with Crippen molar-refractivity contribution < 1.29 is 24.4 Å². The molecule has 0 saturated heterocycles. The summed E-state index contributed by atoms with van der Waals surface area (Å²) >= 11 is 0. The summed E-state index contributed by atoms with van der Waals surface area (Å²) in [6.45, 7) is 0.347. The number of ketones is 1. The first-order chi connectivity index (χ1) is 12.5. The van der Waals surface area contributed by atoms with E-state index in [1.165, 1.54) is 10.7 Å². The van der Waals surface area contributed by atoms with Crippen molar-refractivity contribution in [3.63, 3.8) is 0 Å². The van der Waals surface area contributed by atoms with E-state index in [4.69, 9.17) is 10.4 Å². The molecule has 0 unspecified atom stereocenters. The molecule has 0 bridgehead atoms. The van der Waals surface area contributed by atoms with E-state index in [9.17, 15) is 19.7 Å². The Bertz CT molecular complexity index is 827. The molecule has 26 heavy (non-hydrogen) atoms. The number of carboxylic acids is 1. The van der Waals surface area contributed by atoms with Crippen LogP contribution >= 0.6 is 0 Å². The summed E-state index contributed by atoms with van der Waals surface area (Å²) in [6.07, 6.45) is 0.856. The Morgan fingerprint density at radius 3 is 2.96 bits per heavy atom. The molecule has 4 N–H and O–H groups in total. The zero-order chi connectivity index (χ0) is 18.7. The molecule has 1 aromatic carbocycles. The molecule has 1 aliphatic heterocycles. The molecule has 11 heteroatoms. The van der Waals surface area contributed by atoms with Crippen molar-refractivity contribution in [2.75, 3.05) is 6.54 Å². The lowest BCUT2D eigenvalue weighted by molar-refractivity contribution is -0.120. The number of fused-ring (bicyclic) bond motifs is 1. The van der Waals surface area contributed by atoms with Crippen LogP contribution in [0.4, 0.5) is 0 Å². The lowest BCUT2D eigenvalue weighted by Gasteiger charge is -2.28. The lowest BCUT2D eigenvalue weighted by Crippen LogP contribution is -2.36. The highest BCUT2D eigenvalue weighted by molar-refractivity contribution is 6.47. The summed E-state index contributed by atoms with van der Waals surface area (Å²) in [5.41, 5.74) is 6.12. The zero-order valence-electron chi connectivity index (χ0n) is 13.9. The Hall–Kier alpha value is -2.79. The number of carboxylic acid groups (broad SMARTS) is 1. The number of tetrazole rings is 1. The Kier molecular flexibility index (Phi) is 5.28. The predicted octanol–water partition coefficient (Wildman–Crippen LogP) is -0.682. The molecule has 1 atom stereocenters. The van der Waals surface area contributed by atoms with E-state index in [1.54, 1.807) is 12.1 Å². The summed E-state index contributed by atoms with van der Waals surface area (Å²) in [6, 6.07) is 4.75. The van der Waals surface area contributed by atoms with Crippen LogP contribution in [0.1, 0.15) is 28.2 Å². The highest BCUT2D eigenvalue weighted by Crippen LogP contribution is 2.36. The van der Waals surface area contributed by atoms with E-state index in [0.29, 0.717) is 30.8 Å². The van der Waals surface area contributed by atoms with Crippen LogP contribution in [0.3, 0.4) is 0 Å². The minimum atomic E-state index is -1.26. The first-order valence-electron chi connectivity index (χ1n) is 8.16. The van der Waals surface area contributed by atoms with Gasteiger partial charge in [-0.25, -0.2) is 9.48 Å². The van der Waals surface area contributed by atoms with Gasteiger partial charge in [0.25, 0.3) is 0 Å². The van der Waals surface area contributed by atoms with Gasteiger partial charge in [0.1, 0.15) is 12.3 Å². The van der Waals surface area contributed by atoms with Gasteiger partial charge in [0.2, 0.25) is 0 Å². The van der Waals surface area contributed by atoms with Gasteiger partial charge in [0.05, 0.1) is 5.56 Å². The van der Waals surface area contributed by atoms with Crippen molar-refractivity contribution in [1.82, 2.24) is 20.2 Å². The van der Waals surface area contributed by atoms with Gasteiger partial charge in [-0.15, -0.1) is 5.10 Å². The average molecular weight is 359 g/mol. The molecule has 1 aromatic heterocycles. The van der Waals surface area contributed by atoms with Gasteiger partial charge >= 0.3 is 13.1 Å². The summed E-state index contributed by atoms with van der Waals surface area (Å²) in [5.74, 6) is -1.09. The van der Waals surface area contributed by atoms with E-state index in [1.807, 2.05) is 0 Å². The highest BCUT2D eigenvalue weighted by Gasteiger charge is 2.37. The molecule has 0 saturated carbocycles. The molecule has 0 radical (unpaired) electrons. The average Bonchev–Trinajstić information content (AvgIpc) is 3.02. The normalized spacial score (nSPS) is 16.1. The van der Waals surface area contributed by atoms with Gasteiger partial charge in [-0.2, -0.15) is 0 Å². The van der Waals surface area contributed by atoms with E-state index < -0.39 is 18.9 Å². The molecular formula is C15H18BN5O5. The van der Waals surface area contributed by atoms with Gasteiger partial charge in [0, 0.05) is 18.7 Å². The van der Waals surface area contributed by atoms with Gasteiger partial charge in [-0.3, -0.25) is 4.79 Å². The number of para-hydroxylation sites is 1. The van der Waals surface area contributed by atoms with Crippen molar-refractivity contribution in [2.45, 2.75) is 31.6 Å². The Labute approximate surface area is 149 Å². The molecular weight excluding hydrogens is 341 g/mol. The topological polar surface area (TPSA) is 153 Å². The van der Waals surface area contributed by atoms with Crippen molar-refractivity contribution >= 4 is 18.9 Å².